The first-order chi connectivity index (χ1) is 37.1. The van der Waals surface area contributed by atoms with E-state index in [4.69, 9.17) is 18.9 Å². The van der Waals surface area contributed by atoms with Crippen LogP contribution in [0, 0.1) is 0 Å². The standard InChI is InChI=1S/C62H101NO13/c1-3-5-7-8-9-10-11-12-13-14-15-16-17-18-19-20-21-22-23-24-25-26-27-28-29-30-31-32-33-34-35-36-37-38-39-40-41-42-44-46-54(67)63-50(51(66)45-43-6-4-2)49-73-61-59(72)57(70)60(53(48-65)75-61)76-62-58(71)56(69)55(68)52(47-64)74-62/h5,7,9-10,12-13,15-16,18-19,21-22,24-25,27-28,30-31,43,45,50-53,55-62,64-66,68-72H,3-4,6,8,11,14,17,20,23,26,29,32-42,44,46-49H2,1-2H3,(H,63,67)/b7-5-,10-9-,13-12-,16-15-,19-18-,22-21-,25-24-,28-27-,31-30-,45-43+. The molecule has 12 atom stereocenters. The molecule has 0 aromatic carbocycles. The number of unbranched alkanes of at least 4 members (excludes halogenated alkanes) is 12. The van der Waals surface area contributed by atoms with Crippen molar-refractivity contribution < 1.29 is 64.6 Å². The summed E-state index contributed by atoms with van der Waals surface area (Å²) in [5, 5.41) is 86.0. The zero-order valence-electron chi connectivity index (χ0n) is 46.2. The molecule has 1 amide bonds. The fraction of sp³-hybridized carbons (Fsp3) is 0.661. The highest BCUT2D eigenvalue weighted by molar-refractivity contribution is 5.76. The normalized spacial score (nSPS) is 25.8. The van der Waals surface area contributed by atoms with Crippen molar-refractivity contribution in [2.75, 3.05) is 19.8 Å². The van der Waals surface area contributed by atoms with E-state index in [-0.39, 0.29) is 18.9 Å². The Balaban J connectivity index is 1.50. The molecule has 0 radical (unpaired) electrons. The van der Waals surface area contributed by atoms with E-state index >= 15 is 0 Å². The third-order valence-corrected chi connectivity index (χ3v) is 13.1. The first-order valence-electron chi connectivity index (χ1n) is 28.8. The number of nitrogens with one attached hydrogen (secondary N) is 1. The molecular formula is C62H101NO13. The van der Waals surface area contributed by atoms with Crippen LogP contribution in [0.25, 0.3) is 0 Å². The Morgan fingerprint density at radius 3 is 1.37 bits per heavy atom. The lowest BCUT2D eigenvalue weighted by atomic mass is 9.97. The Morgan fingerprint density at radius 2 is 0.908 bits per heavy atom. The van der Waals surface area contributed by atoms with Crippen molar-refractivity contribution in [1.82, 2.24) is 5.32 Å². The summed E-state index contributed by atoms with van der Waals surface area (Å²) in [6, 6.07) is -0.919. The molecule has 0 aromatic heterocycles. The van der Waals surface area contributed by atoms with Gasteiger partial charge in [0.1, 0.15) is 48.8 Å². The van der Waals surface area contributed by atoms with Crippen LogP contribution in [0.15, 0.2) is 122 Å². The molecule has 14 nitrogen and oxygen atoms in total. The Morgan fingerprint density at radius 1 is 0.487 bits per heavy atom. The predicted octanol–water partition coefficient (Wildman–Crippen LogP) is 9.44. The van der Waals surface area contributed by atoms with Gasteiger partial charge in [0.15, 0.2) is 12.6 Å². The van der Waals surface area contributed by atoms with Gasteiger partial charge in [-0.2, -0.15) is 0 Å². The van der Waals surface area contributed by atoms with Crippen molar-refractivity contribution in [2.45, 2.75) is 242 Å². The van der Waals surface area contributed by atoms with Crippen LogP contribution in [-0.4, -0.2) is 140 Å². The molecule has 0 bridgehead atoms. The van der Waals surface area contributed by atoms with Gasteiger partial charge in [0.25, 0.3) is 0 Å². The largest absolute Gasteiger partial charge is 0.394 e. The highest BCUT2D eigenvalue weighted by atomic mass is 16.7. The molecule has 2 heterocycles. The first-order valence-corrected chi connectivity index (χ1v) is 28.8. The summed E-state index contributed by atoms with van der Waals surface area (Å²) in [5.41, 5.74) is 0. The number of aliphatic hydroxyl groups is 8. The van der Waals surface area contributed by atoms with Crippen LogP contribution in [0.5, 0.6) is 0 Å². The molecule has 2 rings (SSSR count). The van der Waals surface area contributed by atoms with Crippen LogP contribution in [0.1, 0.15) is 168 Å². The van der Waals surface area contributed by atoms with E-state index in [0.29, 0.717) is 12.8 Å². The third-order valence-electron chi connectivity index (χ3n) is 13.1. The molecule has 0 saturated carbocycles. The number of rotatable bonds is 43. The van der Waals surface area contributed by atoms with Crippen molar-refractivity contribution in [1.29, 1.82) is 0 Å². The van der Waals surface area contributed by atoms with Crippen molar-refractivity contribution in [3.63, 3.8) is 0 Å². The lowest BCUT2D eigenvalue weighted by molar-refractivity contribution is -0.359. The van der Waals surface area contributed by atoms with Gasteiger partial charge in [0, 0.05) is 6.42 Å². The fourth-order valence-corrected chi connectivity index (χ4v) is 8.52. The Labute approximate surface area is 457 Å². The summed E-state index contributed by atoms with van der Waals surface area (Å²) in [5.74, 6) is -0.261. The summed E-state index contributed by atoms with van der Waals surface area (Å²) in [7, 11) is 0. The van der Waals surface area contributed by atoms with Gasteiger partial charge >= 0.3 is 0 Å². The van der Waals surface area contributed by atoms with Gasteiger partial charge in [-0.3, -0.25) is 4.79 Å². The van der Waals surface area contributed by atoms with Gasteiger partial charge < -0.3 is 65.1 Å². The minimum atomic E-state index is -1.79. The number of hydrogen-bond acceptors (Lipinski definition) is 13. The number of ether oxygens (including phenoxy) is 4. The van der Waals surface area contributed by atoms with Crippen LogP contribution < -0.4 is 5.32 Å². The van der Waals surface area contributed by atoms with Crippen molar-refractivity contribution in [2.24, 2.45) is 0 Å². The topological polar surface area (TPSA) is 228 Å². The average Bonchev–Trinajstić information content (AvgIpc) is 3.42. The van der Waals surface area contributed by atoms with Gasteiger partial charge in [-0.25, -0.2) is 0 Å². The van der Waals surface area contributed by atoms with Gasteiger partial charge in [0.05, 0.1) is 32.0 Å². The molecular weight excluding hydrogens is 967 g/mol. The molecule has 0 aromatic rings. The van der Waals surface area contributed by atoms with Gasteiger partial charge in [0.2, 0.25) is 5.91 Å². The quantitative estimate of drug-likeness (QED) is 0.0205. The highest BCUT2D eigenvalue weighted by Crippen LogP contribution is 2.30. The SMILES string of the molecule is CC/C=C\C/C=C\C/C=C\C/C=C\C/C=C\C/C=C\C/C=C\C/C=C\C/C=C\CCCCCCCCCCCCCC(=O)NC(COC1OC(CO)C(OC2OC(CO)C(O)C(O)C2O)C(O)C1O)C(O)/C=C/CCC. The van der Waals surface area contributed by atoms with E-state index in [0.717, 1.165) is 89.9 Å². The van der Waals surface area contributed by atoms with Crippen LogP contribution in [0.2, 0.25) is 0 Å². The van der Waals surface area contributed by atoms with E-state index in [1.165, 1.54) is 44.9 Å². The number of amides is 1. The molecule has 0 spiro atoms. The zero-order chi connectivity index (χ0) is 55.3. The van der Waals surface area contributed by atoms with E-state index < -0.39 is 86.8 Å². The predicted molar refractivity (Wildman–Crippen MR) is 304 cm³/mol. The highest BCUT2D eigenvalue weighted by Gasteiger charge is 2.51. The summed E-state index contributed by atoms with van der Waals surface area (Å²) < 4.78 is 22.5. The fourth-order valence-electron chi connectivity index (χ4n) is 8.52. The molecule has 14 heteroatoms. The Hall–Kier alpha value is -3.61. The number of aliphatic hydroxyl groups excluding tert-OH is 8. The molecule has 0 aliphatic carbocycles. The third kappa shape index (κ3) is 31.7. The molecule has 2 aliphatic heterocycles. The second-order valence-electron chi connectivity index (χ2n) is 19.7. The summed E-state index contributed by atoms with van der Waals surface area (Å²) >= 11 is 0. The van der Waals surface area contributed by atoms with Crippen molar-refractivity contribution in [3.8, 4) is 0 Å². The van der Waals surface area contributed by atoms with Crippen molar-refractivity contribution >= 4 is 5.91 Å². The smallest absolute Gasteiger partial charge is 0.220 e. The van der Waals surface area contributed by atoms with E-state index in [1.54, 1.807) is 12.2 Å². The Kier molecular flexibility index (Phi) is 41.7. The molecule has 2 fully saturated rings. The van der Waals surface area contributed by atoms with Gasteiger partial charge in [-0.1, -0.05) is 200 Å². The summed E-state index contributed by atoms with van der Waals surface area (Å²) in [6.07, 6.45) is 51.0. The molecule has 9 N–H and O–H groups in total. The van der Waals surface area contributed by atoms with E-state index in [1.807, 2.05) is 6.92 Å². The number of allylic oxidation sites excluding steroid dienone is 19. The lowest BCUT2D eigenvalue weighted by Crippen LogP contribution is -2.65. The maximum atomic E-state index is 13.0. The molecule has 432 valence electrons. The van der Waals surface area contributed by atoms with Crippen molar-refractivity contribution in [3.05, 3.63) is 122 Å². The minimum Gasteiger partial charge on any atom is -0.394 e. The van der Waals surface area contributed by atoms with Crippen LogP contribution >= 0.6 is 0 Å². The minimum absolute atomic E-state index is 0.261. The van der Waals surface area contributed by atoms with E-state index in [2.05, 4.69) is 122 Å². The van der Waals surface area contributed by atoms with E-state index in [9.17, 15) is 45.6 Å². The van der Waals surface area contributed by atoms with Gasteiger partial charge in [-0.05, 0) is 83.5 Å². The summed E-state index contributed by atoms with van der Waals surface area (Å²) in [6.45, 7) is 2.41. The second kappa shape index (κ2) is 46.3. The molecule has 2 saturated heterocycles. The second-order valence-corrected chi connectivity index (χ2v) is 19.7. The maximum absolute atomic E-state index is 13.0. The monoisotopic (exact) mass is 1070 g/mol. The zero-order valence-corrected chi connectivity index (χ0v) is 46.2. The molecule has 2 aliphatic rings. The average molecular weight is 1070 g/mol. The number of carbonyl (C=O) groups is 1. The molecule has 12 unspecified atom stereocenters. The van der Waals surface area contributed by atoms with Crippen LogP contribution in [0.4, 0.5) is 0 Å². The number of carbonyl (C=O) groups excluding carboxylic acids is 1. The number of hydrogen-bond donors (Lipinski definition) is 9. The first kappa shape index (κ1) is 68.5. The summed E-state index contributed by atoms with van der Waals surface area (Å²) in [4.78, 5) is 13.0. The maximum Gasteiger partial charge on any atom is 0.220 e. The van der Waals surface area contributed by atoms with Crippen LogP contribution in [0.3, 0.4) is 0 Å². The van der Waals surface area contributed by atoms with Crippen LogP contribution in [-0.2, 0) is 23.7 Å². The lowest BCUT2D eigenvalue weighted by Gasteiger charge is -2.46. The van der Waals surface area contributed by atoms with Gasteiger partial charge in [-0.15, -0.1) is 0 Å². The Bertz CT molecular complexity index is 1730. The molecule has 76 heavy (non-hydrogen) atoms.